The molecule has 0 atom stereocenters. The molecular formula is C7H8N2OS. The summed E-state index contributed by atoms with van der Waals surface area (Å²) in [7, 11) is 0. The van der Waals surface area contributed by atoms with Gasteiger partial charge in [0.1, 0.15) is 0 Å². The zero-order valence-electron chi connectivity index (χ0n) is 6.20. The Bertz CT molecular complexity index is 277. The highest BCUT2D eigenvalue weighted by Gasteiger charge is 2.13. The first-order chi connectivity index (χ1) is 5.40. The molecule has 1 aliphatic heterocycles. The minimum atomic E-state index is 0.752. The largest absolute Gasteiger partial charge is 0.477 e. The van der Waals surface area contributed by atoms with E-state index in [0.717, 1.165) is 29.6 Å². The first kappa shape index (κ1) is 6.91. The first-order valence-corrected chi connectivity index (χ1v) is 4.65. The van der Waals surface area contributed by atoms with Crippen LogP contribution in [0.3, 0.4) is 0 Å². The lowest BCUT2D eigenvalue weighted by Crippen LogP contribution is -1.90. The number of nitrogens with zero attached hydrogens (tertiary/aromatic N) is 2. The van der Waals surface area contributed by atoms with Crippen LogP contribution in [0.5, 0.6) is 5.88 Å². The average Bonchev–Trinajstić information content (AvgIpc) is 2.50. The van der Waals surface area contributed by atoms with Crippen LogP contribution >= 0.6 is 11.8 Å². The Morgan fingerprint density at radius 1 is 1.64 bits per heavy atom. The van der Waals surface area contributed by atoms with E-state index in [2.05, 4.69) is 9.97 Å². The molecule has 4 heteroatoms. The highest BCUT2D eigenvalue weighted by molar-refractivity contribution is 7.98. The average molecular weight is 168 g/mol. The molecule has 0 aromatic carbocycles. The number of ether oxygens (including phenoxy) is 1. The third kappa shape index (κ3) is 1.18. The normalized spacial score (nSPS) is 14.3. The summed E-state index contributed by atoms with van der Waals surface area (Å²) in [6.07, 6.45) is 4.75. The molecular weight excluding hydrogens is 160 g/mol. The van der Waals surface area contributed by atoms with Gasteiger partial charge in [-0.25, -0.2) is 4.98 Å². The van der Waals surface area contributed by atoms with Gasteiger partial charge in [-0.2, -0.15) is 4.98 Å². The third-order valence-electron chi connectivity index (χ3n) is 1.60. The van der Waals surface area contributed by atoms with Crippen LogP contribution in [-0.2, 0) is 6.42 Å². The summed E-state index contributed by atoms with van der Waals surface area (Å²) in [5, 5.41) is 0.783. The number of aromatic nitrogens is 2. The monoisotopic (exact) mass is 168 g/mol. The predicted octanol–water partition coefficient (Wildman–Crippen LogP) is 1.13. The summed E-state index contributed by atoms with van der Waals surface area (Å²) in [5.41, 5.74) is 1.13. The lowest BCUT2D eigenvalue weighted by molar-refractivity contribution is 0.342. The topological polar surface area (TPSA) is 35.0 Å². The highest BCUT2D eigenvalue weighted by Crippen LogP contribution is 2.23. The Morgan fingerprint density at radius 3 is 3.36 bits per heavy atom. The van der Waals surface area contributed by atoms with Crippen molar-refractivity contribution in [1.29, 1.82) is 0 Å². The summed E-state index contributed by atoms with van der Waals surface area (Å²) in [4.78, 5) is 8.34. The van der Waals surface area contributed by atoms with E-state index >= 15 is 0 Å². The van der Waals surface area contributed by atoms with Gasteiger partial charge in [-0.3, -0.25) is 0 Å². The third-order valence-corrected chi connectivity index (χ3v) is 2.16. The van der Waals surface area contributed by atoms with Crippen LogP contribution in [0.2, 0.25) is 0 Å². The molecule has 0 aliphatic carbocycles. The van der Waals surface area contributed by atoms with Crippen molar-refractivity contribution in [3.05, 3.63) is 11.8 Å². The number of fused-ring (bicyclic) bond motifs is 1. The van der Waals surface area contributed by atoms with Crippen molar-refractivity contribution in [3.63, 3.8) is 0 Å². The van der Waals surface area contributed by atoms with Gasteiger partial charge in [0.25, 0.3) is 0 Å². The Balaban J connectivity index is 2.41. The van der Waals surface area contributed by atoms with E-state index in [-0.39, 0.29) is 0 Å². The van der Waals surface area contributed by atoms with Gasteiger partial charge in [0.15, 0.2) is 5.16 Å². The maximum atomic E-state index is 5.28. The number of rotatable bonds is 1. The number of hydrogen-bond acceptors (Lipinski definition) is 4. The summed E-state index contributed by atoms with van der Waals surface area (Å²) in [5.74, 6) is 0.768. The van der Waals surface area contributed by atoms with Crippen LogP contribution in [0.15, 0.2) is 11.4 Å². The van der Waals surface area contributed by atoms with Gasteiger partial charge in [-0.1, -0.05) is 11.8 Å². The lowest BCUT2D eigenvalue weighted by Gasteiger charge is -1.97. The molecule has 0 saturated carbocycles. The van der Waals surface area contributed by atoms with Gasteiger partial charge >= 0.3 is 0 Å². The van der Waals surface area contributed by atoms with Crippen LogP contribution < -0.4 is 4.74 Å². The first-order valence-electron chi connectivity index (χ1n) is 3.43. The van der Waals surface area contributed by atoms with Crippen molar-refractivity contribution in [1.82, 2.24) is 9.97 Å². The Kier molecular flexibility index (Phi) is 1.69. The highest BCUT2D eigenvalue weighted by atomic mass is 32.2. The van der Waals surface area contributed by atoms with Crippen molar-refractivity contribution in [2.45, 2.75) is 11.6 Å². The van der Waals surface area contributed by atoms with Crippen LogP contribution in [0.4, 0.5) is 0 Å². The minimum Gasteiger partial charge on any atom is -0.477 e. The van der Waals surface area contributed by atoms with E-state index in [1.165, 1.54) is 11.8 Å². The Morgan fingerprint density at radius 2 is 2.55 bits per heavy atom. The van der Waals surface area contributed by atoms with Crippen molar-refractivity contribution >= 4 is 11.8 Å². The van der Waals surface area contributed by atoms with Crippen molar-refractivity contribution in [2.75, 3.05) is 12.9 Å². The second-order valence-corrected chi connectivity index (χ2v) is 3.06. The zero-order chi connectivity index (χ0) is 7.68. The van der Waals surface area contributed by atoms with Gasteiger partial charge in [-0.05, 0) is 6.26 Å². The molecule has 0 bridgehead atoms. The van der Waals surface area contributed by atoms with E-state index < -0.39 is 0 Å². The molecule has 0 amide bonds. The quantitative estimate of drug-likeness (QED) is 0.465. The van der Waals surface area contributed by atoms with Gasteiger partial charge in [0.05, 0.1) is 6.61 Å². The predicted molar refractivity (Wildman–Crippen MR) is 43.0 cm³/mol. The fraction of sp³-hybridized carbons (Fsp3) is 0.429. The molecule has 11 heavy (non-hydrogen) atoms. The van der Waals surface area contributed by atoms with Crippen LogP contribution in [0, 0.1) is 0 Å². The molecule has 0 saturated heterocycles. The van der Waals surface area contributed by atoms with Gasteiger partial charge in [-0.15, -0.1) is 0 Å². The second kappa shape index (κ2) is 2.70. The van der Waals surface area contributed by atoms with Gasteiger partial charge in [0.2, 0.25) is 5.88 Å². The summed E-state index contributed by atoms with van der Waals surface area (Å²) >= 11 is 1.53. The van der Waals surface area contributed by atoms with Crippen LogP contribution in [0.1, 0.15) is 5.56 Å². The Labute approximate surface area is 69.2 Å². The number of thioether (sulfide) groups is 1. The maximum Gasteiger partial charge on any atom is 0.220 e. The SMILES string of the molecule is CSc1ncc2c(n1)OCC2. The molecule has 0 fully saturated rings. The fourth-order valence-corrected chi connectivity index (χ4v) is 1.36. The van der Waals surface area contributed by atoms with E-state index in [1.54, 1.807) is 0 Å². The Hall–Kier alpha value is -0.770. The molecule has 0 radical (unpaired) electrons. The van der Waals surface area contributed by atoms with Gasteiger partial charge in [0, 0.05) is 18.2 Å². The zero-order valence-corrected chi connectivity index (χ0v) is 7.02. The lowest BCUT2D eigenvalue weighted by atomic mass is 10.3. The van der Waals surface area contributed by atoms with Crippen molar-refractivity contribution in [3.8, 4) is 5.88 Å². The van der Waals surface area contributed by atoms with Crippen molar-refractivity contribution < 1.29 is 4.74 Å². The summed E-state index contributed by atoms with van der Waals surface area (Å²) < 4.78 is 5.28. The molecule has 0 N–H and O–H groups in total. The molecule has 2 rings (SSSR count). The van der Waals surface area contributed by atoms with E-state index in [1.807, 2.05) is 12.5 Å². The standard InChI is InChI=1S/C7H8N2OS/c1-11-7-8-4-5-2-3-10-6(5)9-7/h4H,2-3H2,1H3. The second-order valence-electron chi connectivity index (χ2n) is 2.29. The molecule has 3 nitrogen and oxygen atoms in total. The molecule has 2 heterocycles. The molecule has 1 aromatic rings. The van der Waals surface area contributed by atoms with E-state index in [0.29, 0.717) is 0 Å². The smallest absolute Gasteiger partial charge is 0.220 e. The minimum absolute atomic E-state index is 0.752. The maximum absolute atomic E-state index is 5.28. The van der Waals surface area contributed by atoms with Gasteiger partial charge < -0.3 is 4.74 Å². The summed E-state index contributed by atoms with van der Waals surface area (Å²) in [6.45, 7) is 0.752. The number of hydrogen-bond donors (Lipinski definition) is 0. The van der Waals surface area contributed by atoms with E-state index in [9.17, 15) is 0 Å². The fourth-order valence-electron chi connectivity index (χ4n) is 1.03. The molecule has 1 aliphatic rings. The van der Waals surface area contributed by atoms with E-state index in [4.69, 9.17) is 4.74 Å². The van der Waals surface area contributed by atoms with Crippen LogP contribution in [0.25, 0.3) is 0 Å². The molecule has 58 valence electrons. The van der Waals surface area contributed by atoms with Crippen molar-refractivity contribution in [2.24, 2.45) is 0 Å². The summed E-state index contributed by atoms with van der Waals surface area (Å²) in [6, 6.07) is 0. The molecule has 0 spiro atoms. The van der Waals surface area contributed by atoms with Crippen LogP contribution in [-0.4, -0.2) is 22.8 Å². The molecule has 1 aromatic heterocycles. The molecule has 0 unspecified atom stereocenters.